The van der Waals surface area contributed by atoms with E-state index in [1.165, 1.54) is 26.4 Å². The molecular weight excluding hydrogens is 288 g/mol. The van der Waals surface area contributed by atoms with Gasteiger partial charge in [0.1, 0.15) is 5.60 Å². The molecule has 0 aliphatic heterocycles. The number of esters is 2. The van der Waals surface area contributed by atoms with E-state index in [1.54, 1.807) is 0 Å². The second kappa shape index (κ2) is 6.98. The van der Waals surface area contributed by atoms with Crippen molar-refractivity contribution in [2.45, 2.75) is 26.4 Å². The third kappa shape index (κ3) is 4.51. The van der Waals surface area contributed by atoms with Gasteiger partial charge in [0.15, 0.2) is 11.5 Å². The standard InChI is InChI=1S/C16H20O6/c1-7-13(17)21-15(18)10-8-11(19-5)14(12(9-10)20-6)22-16(2,3)4/h7-9H,1H2,2-6H3. The van der Waals surface area contributed by atoms with Crippen molar-refractivity contribution in [2.75, 3.05) is 14.2 Å². The Kier molecular flexibility index (Phi) is 5.56. The van der Waals surface area contributed by atoms with Gasteiger partial charge in [-0.25, -0.2) is 9.59 Å². The van der Waals surface area contributed by atoms with E-state index in [-0.39, 0.29) is 5.56 Å². The number of hydrogen-bond donors (Lipinski definition) is 0. The first kappa shape index (κ1) is 17.6. The topological polar surface area (TPSA) is 71.1 Å². The summed E-state index contributed by atoms with van der Waals surface area (Å²) in [5.74, 6) is -0.703. The lowest BCUT2D eigenvalue weighted by Gasteiger charge is -2.24. The summed E-state index contributed by atoms with van der Waals surface area (Å²) in [6, 6.07) is 2.84. The Morgan fingerprint density at radius 1 is 1.09 bits per heavy atom. The first-order valence-electron chi connectivity index (χ1n) is 6.55. The van der Waals surface area contributed by atoms with E-state index in [0.717, 1.165) is 6.08 Å². The van der Waals surface area contributed by atoms with Crippen LogP contribution >= 0.6 is 0 Å². The molecule has 1 aromatic carbocycles. The van der Waals surface area contributed by atoms with E-state index >= 15 is 0 Å². The van der Waals surface area contributed by atoms with E-state index < -0.39 is 17.5 Å². The van der Waals surface area contributed by atoms with Gasteiger partial charge in [-0.15, -0.1) is 0 Å². The summed E-state index contributed by atoms with van der Waals surface area (Å²) in [6.07, 6.45) is 0.906. The minimum absolute atomic E-state index is 0.102. The molecule has 0 aliphatic rings. The third-order valence-corrected chi connectivity index (χ3v) is 2.46. The maximum atomic E-state index is 11.9. The van der Waals surface area contributed by atoms with Crippen LogP contribution in [0.25, 0.3) is 0 Å². The number of hydrogen-bond acceptors (Lipinski definition) is 6. The zero-order valence-electron chi connectivity index (χ0n) is 13.4. The van der Waals surface area contributed by atoms with Crippen LogP contribution in [0.15, 0.2) is 24.8 Å². The highest BCUT2D eigenvalue weighted by Crippen LogP contribution is 2.40. The lowest BCUT2D eigenvalue weighted by atomic mass is 10.1. The number of methoxy groups -OCH3 is 2. The summed E-state index contributed by atoms with van der Waals surface area (Å²) < 4.78 is 20.9. The molecule has 0 saturated carbocycles. The van der Waals surface area contributed by atoms with Crippen LogP contribution in [-0.2, 0) is 9.53 Å². The summed E-state index contributed by atoms with van der Waals surface area (Å²) in [7, 11) is 2.88. The Labute approximate surface area is 129 Å². The number of ether oxygens (including phenoxy) is 4. The van der Waals surface area contributed by atoms with Gasteiger partial charge in [-0.05, 0) is 32.9 Å². The summed E-state index contributed by atoms with van der Waals surface area (Å²) in [5.41, 5.74) is -0.383. The van der Waals surface area contributed by atoms with Crippen LogP contribution in [0.3, 0.4) is 0 Å². The van der Waals surface area contributed by atoms with Gasteiger partial charge in [0, 0.05) is 6.08 Å². The molecule has 0 atom stereocenters. The molecule has 0 bridgehead atoms. The molecule has 0 N–H and O–H groups in total. The fraction of sp³-hybridized carbons (Fsp3) is 0.375. The summed E-state index contributed by atoms with van der Waals surface area (Å²) in [5, 5.41) is 0. The molecule has 0 heterocycles. The highest BCUT2D eigenvalue weighted by molar-refractivity contribution is 6.00. The molecule has 0 spiro atoms. The van der Waals surface area contributed by atoms with Crippen molar-refractivity contribution < 1.29 is 28.5 Å². The first-order chi connectivity index (χ1) is 10.2. The second-order valence-electron chi connectivity index (χ2n) is 5.34. The average molecular weight is 308 g/mol. The maximum absolute atomic E-state index is 11.9. The lowest BCUT2D eigenvalue weighted by molar-refractivity contribution is -0.132. The number of carbonyl (C=O) groups is 2. The molecule has 120 valence electrons. The van der Waals surface area contributed by atoms with E-state index in [1.807, 2.05) is 20.8 Å². The summed E-state index contributed by atoms with van der Waals surface area (Å²) >= 11 is 0. The second-order valence-corrected chi connectivity index (χ2v) is 5.34. The van der Waals surface area contributed by atoms with Crippen molar-refractivity contribution in [3.63, 3.8) is 0 Å². The molecule has 22 heavy (non-hydrogen) atoms. The van der Waals surface area contributed by atoms with Crippen molar-refractivity contribution in [2.24, 2.45) is 0 Å². The quantitative estimate of drug-likeness (QED) is 0.473. The van der Waals surface area contributed by atoms with E-state index in [4.69, 9.17) is 14.2 Å². The smallest absolute Gasteiger partial charge is 0.346 e. The molecule has 6 nitrogen and oxygen atoms in total. The zero-order chi connectivity index (χ0) is 16.9. The van der Waals surface area contributed by atoms with Gasteiger partial charge in [0.25, 0.3) is 0 Å². The van der Waals surface area contributed by atoms with Gasteiger partial charge < -0.3 is 18.9 Å². The van der Waals surface area contributed by atoms with Crippen LogP contribution in [-0.4, -0.2) is 31.8 Å². The molecule has 0 unspecified atom stereocenters. The molecule has 0 amide bonds. The molecule has 0 radical (unpaired) electrons. The van der Waals surface area contributed by atoms with Gasteiger partial charge in [0.2, 0.25) is 5.75 Å². The SMILES string of the molecule is C=CC(=O)OC(=O)c1cc(OC)c(OC(C)(C)C)c(OC)c1. The van der Waals surface area contributed by atoms with Crippen LogP contribution in [0.4, 0.5) is 0 Å². The van der Waals surface area contributed by atoms with Crippen LogP contribution in [0.2, 0.25) is 0 Å². The maximum Gasteiger partial charge on any atom is 0.346 e. The highest BCUT2D eigenvalue weighted by Gasteiger charge is 2.23. The number of benzene rings is 1. The van der Waals surface area contributed by atoms with Gasteiger partial charge in [0.05, 0.1) is 19.8 Å². The fourth-order valence-corrected chi connectivity index (χ4v) is 1.60. The Morgan fingerprint density at radius 3 is 1.95 bits per heavy atom. The molecule has 1 rings (SSSR count). The monoisotopic (exact) mass is 308 g/mol. The fourth-order valence-electron chi connectivity index (χ4n) is 1.60. The Balaban J connectivity index is 3.27. The van der Waals surface area contributed by atoms with Gasteiger partial charge in [-0.2, -0.15) is 0 Å². The van der Waals surface area contributed by atoms with E-state index in [9.17, 15) is 9.59 Å². The van der Waals surface area contributed by atoms with Crippen molar-refractivity contribution in [3.8, 4) is 17.2 Å². The van der Waals surface area contributed by atoms with Gasteiger partial charge in [-0.1, -0.05) is 6.58 Å². The largest absolute Gasteiger partial charge is 0.493 e. The third-order valence-electron chi connectivity index (χ3n) is 2.46. The minimum atomic E-state index is -0.835. The van der Waals surface area contributed by atoms with Crippen LogP contribution < -0.4 is 14.2 Å². The van der Waals surface area contributed by atoms with Crippen molar-refractivity contribution in [1.82, 2.24) is 0 Å². The Morgan fingerprint density at radius 2 is 1.59 bits per heavy atom. The van der Waals surface area contributed by atoms with Crippen molar-refractivity contribution in [3.05, 3.63) is 30.4 Å². The van der Waals surface area contributed by atoms with Crippen LogP contribution in [0, 0.1) is 0 Å². The van der Waals surface area contributed by atoms with Crippen molar-refractivity contribution in [1.29, 1.82) is 0 Å². The molecule has 1 aromatic rings. The summed E-state index contributed by atoms with van der Waals surface area (Å²) in [6.45, 7) is 8.85. The molecule has 6 heteroatoms. The normalized spacial score (nSPS) is 10.6. The van der Waals surface area contributed by atoms with Crippen LogP contribution in [0.5, 0.6) is 17.2 Å². The van der Waals surface area contributed by atoms with E-state index in [2.05, 4.69) is 11.3 Å². The number of carbonyl (C=O) groups excluding carboxylic acids is 2. The molecule has 0 aromatic heterocycles. The molecule has 0 aliphatic carbocycles. The predicted molar refractivity (Wildman–Crippen MR) is 80.5 cm³/mol. The molecular formula is C16H20O6. The Bertz CT molecular complexity index is 558. The predicted octanol–water partition coefficient (Wildman–Crippen LogP) is 2.75. The van der Waals surface area contributed by atoms with Gasteiger partial charge in [-0.3, -0.25) is 0 Å². The van der Waals surface area contributed by atoms with E-state index in [0.29, 0.717) is 17.2 Å². The zero-order valence-corrected chi connectivity index (χ0v) is 13.4. The first-order valence-corrected chi connectivity index (χ1v) is 6.55. The Hall–Kier alpha value is -2.50. The minimum Gasteiger partial charge on any atom is -0.493 e. The molecule has 0 saturated heterocycles. The summed E-state index contributed by atoms with van der Waals surface area (Å²) in [4.78, 5) is 23.0. The average Bonchev–Trinajstić information content (AvgIpc) is 2.45. The number of rotatable bonds is 5. The van der Waals surface area contributed by atoms with Crippen molar-refractivity contribution >= 4 is 11.9 Å². The highest BCUT2D eigenvalue weighted by atomic mass is 16.6. The lowest BCUT2D eigenvalue weighted by Crippen LogP contribution is -2.23. The van der Waals surface area contributed by atoms with Gasteiger partial charge >= 0.3 is 11.9 Å². The van der Waals surface area contributed by atoms with Crippen LogP contribution in [0.1, 0.15) is 31.1 Å². The molecule has 0 fully saturated rings.